The molecule has 1 unspecified atom stereocenters. The second-order valence-electron chi connectivity index (χ2n) is 13.3. The molecule has 4 heterocycles. The number of hydrogen-bond acceptors (Lipinski definition) is 11. The molecule has 0 saturated carbocycles. The minimum atomic E-state index is -0.871. The van der Waals surface area contributed by atoms with Crippen LogP contribution in [-0.4, -0.2) is 73.6 Å². The minimum Gasteiger partial charge on any atom is -0.435 e. The molecule has 5 N–H and O–H groups in total. The molecular weight excluding hydrogens is 701 g/mol. The normalized spacial score (nSPS) is 17.8. The Labute approximate surface area is 309 Å². The van der Waals surface area contributed by atoms with Crippen LogP contribution in [0.3, 0.4) is 0 Å². The lowest BCUT2D eigenvalue weighted by atomic mass is 10.0. The fourth-order valence-electron chi connectivity index (χ4n) is 7.30. The molecule has 0 spiro atoms. The van der Waals surface area contributed by atoms with Crippen molar-refractivity contribution in [2.45, 2.75) is 44.1 Å². The molecule has 1 fully saturated rings. The van der Waals surface area contributed by atoms with Gasteiger partial charge >= 0.3 is 0 Å². The second-order valence-corrected chi connectivity index (χ2v) is 14.1. The summed E-state index contributed by atoms with van der Waals surface area (Å²) >= 11 is 14.2. The Morgan fingerprint density at radius 2 is 1.85 bits per heavy atom. The molecule has 0 bridgehead atoms. The summed E-state index contributed by atoms with van der Waals surface area (Å²) in [6.07, 6.45) is 4.65. The Morgan fingerprint density at radius 1 is 1.04 bits per heavy atom. The number of nitriles is 1. The van der Waals surface area contributed by atoms with Crippen molar-refractivity contribution in [3.05, 3.63) is 99.3 Å². The maximum Gasteiger partial charge on any atom is 0.228 e. The smallest absolute Gasteiger partial charge is 0.228 e. The molecule has 264 valence electrons. The van der Waals surface area contributed by atoms with Gasteiger partial charge in [0.2, 0.25) is 5.89 Å². The highest BCUT2D eigenvalue weighted by molar-refractivity contribution is 6.39. The zero-order chi connectivity index (χ0) is 35.9. The average molecular weight is 737 g/mol. The standard InChI is InChI=1S/C39H35Cl2N7O4/c40-34-26(3-1-5-28(34)39-47-33-14-29-25(30(15-42)37(33)52-39)7-8-31(29)44-17-24(51)20-49)27-4-2-6-32(35(27)41)46-38-36-22(9-11-43-38)13-21(16-45-36)18-48-12-10-23(50)19-48/h1-6,9,11,13-14,16,23-24,31,44,49-51H,7-8,10,12,17-20H2,(H,43,46)/t23-,24?,31-/m1/s1. The molecule has 3 aromatic carbocycles. The lowest BCUT2D eigenvalue weighted by Crippen LogP contribution is -2.31. The van der Waals surface area contributed by atoms with Crippen LogP contribution >= 0.6 is 23.2 Å². The number of pyridine rings is 2. The number of aliphatic hydroxyl groups excluding tert-OH is 3. The summed E-state index contributed by atoms with van der Waals surface area (Å²) < 4.78 is 6.26. The van der Waals surface area contributed by atoms with Crippen molar-refractivity contribution < 1.29 is 19.7 Å². The van der Waals surface area contributed by atoms with E-state index in [4.69, 9.17) is 37.6 Å². The van der Waals surface area contributed by atoms with Crippen LogP contribution in [0, 0.1) is 11.3 Å². The van der Waals surface area contributed by atoms with Crippen LogP contribution in [0.25, 0.3) is 44.6 Å². The number of nitrogens with zero attached hydrogens (tertiary/aromatic N) is 5. The van der Waals surface area contributed by atoms with Crippen molar-refractivity contribution in [1.82, 2.24) is 25.2 Å². The van der Waals surface area contributed by atoms with Gasteiger partial charge in [-0.25, -0.2) is 9.97 Å². The number of oxazole rings is 1. The molecule has 1 aliphatic carbocycles. The predicted octanol–water partition coefficient (Wildman–Crippen LogP) is 6.52. The first-order valence-corrected chi connectivity index (χ1v) is 17.9. The van der Waals surface area contributed by atoms with E-state index in [2.05, 4.69) is 32.7 Å². The van der Waals surface area contributed by atoms with E-state index in [9.17, 15) is 20.6 Å². The number of benzene rings is 3. The van der Waals surface area contributed by atoms with Crippen molar-refractivity contribution in [3.8, 4) is 28.7 Å². The van der Waals surface area contributed by atoms with E-state index < -0.39 is 6.10 Å². The fraction of sp³-hybridized carbons (Fsp3) is 0.282. The second kappa shape index (κ2) is 14.4. The first-order chi connectivity index (χ1) is 25.3. The van der Waals surface area contributed by atoms with Gasteiger partial charge in [-0.15, -0.1) is 0 Å². The molecule has 2 aliphatic rings. The molecule has 6 aromatic rings. The van der Waals surface area contributed by atoms with Crippen LogP contribution in [0.1, 0.15) is 41.1 Å². The minimum absolute atomic E-state index is 0.0873. The monoisotopic (exact) mass is 735 g/mol. The Balaban J connectivity index is 1.09. The molecule has 0 radical (unpaired) electrons. The van der Waals surface area contributed by atoms with Crippen molar-refractivity contribution in [2.75, 3.05) is 31.6 Å². The molecule has 13 heteroatoms. The number of nitrogens with one attached hydrogen (secondary N) is 2. The van der Waals surface area contributed by atoms with E-state index in [1.54, 1.807) is 6.20 Å². The molecule has 1 aliphatic heterocycles. The van der Waals surface area contributed by atoms with Gasteiger partial charge in [0.15, 0.2) is 11.4 Å². The first-order valence-electron chi connectivity index (χ1n) is 17.2. The predicted molar refractivity (Wildman–Crippen MR) is 200 cm³/mol. The van der Waals surface area contributed by atoms with Gasteiger partial charge in [0, 0.05) is 61.1 Å². The van der Waals surface area contributed by atoms with Crippen LogP contribution in [0.4, 0.5) is 11.5 Å². The number of aliphatic hydroxyl groups is 3. The summed E-state index contributed by atoms with van der Waals surface area (Å²) in [4.78, 5) is 16.3. The number of β-amino-alcohol motifs (C(OH)–C–C–N with tert-alkyl or cyclic N) is 1. The third-order valence-corrected chi connectivity index (χ3v) is 10.7. The molecule has 8 rings (SSSR count). The fourth-order valence-corrected chi connectivity index (χ4v) is 7.89. The Kier molecular flexibility index (Phi) is 9.55. The summed E-state index contributed by atoms with van der Waals surface area (Å²) in [6.45, 7) is 2.15. The summed E-state index contributed by atoms with van der Waals surface area (Å²) in [5.74, 6) is 0.840. The summed E-state index contributed by atoms with van der Waals surface area (Å²) in [5, 5.41) is 47.6. The third kappa shape index (κ3) is 6.48. The Morgan fingerprint density at radius 3 is 2.63 bits per heavy atom. The van der Waals surface area contributed by atoms with Gasteiger partial charge < -0.3 is 30.4 Å². The summed E-state index contributed by atoms with van der Waals surface area (Å²) in [7, 11) is 0. The number of rotatable bonds is 10. The lowest BCUT2D eigenvalue weighted by Gasteiger charge is -2.16. The molecule has 52 heavy (non-hydrogen) atoms. The van der Waals surface area contributed by atoms with Gasteiger partial charge in [0.05, 0.1) is 40.1 Å². The van der Waals surface area contributed by atoms with Crippen molar-refractivity contribution >= 4 is 56.7 Å². The van der Waals surface area contributed by atoms with Crippen LogP contribution in [0.2, 0.25) is 10.0 Å². The summed E-state index contributed by atoms with van der Waals surface area (Å²) in [5.41, 5.74) is 7.50. The largest absolute Gasteiger partial charge is 0.435 e. The Bertz CT molecular complexity index is 2360. The number of likely N-dealkylation sites (tertiary alicyclic amines) is 1. The topological polar surface area (TPSA) is 164 Å². The van der Waals surface area contributed by atoms with Gasteiger partial charge in [0.25, 0.3) is 0 Å². The number of fused-ring (bicyclic) bond motifs is 3. The number of aromatic nitrogens is 3. The number of anilines is 2. The highest BCUT2D eigenvalue weighted by atomic mass is 35.5. The van der Waals surface area contributed by atoms with E-state index in [0.29, 0.717) is 73.4 Å². The average Bonchev–Trinajstić information content (AvgIpc) is 3.88. The van der Waals surface area contributed by atoms with Crippen molar-refractivity contribution in [2.24, 2.45) is 0 Å². The van der Waals surface area contributed by atoms with Crippen LogP contribution in [0.5, 0.6) is 0 Å². The van der Waals surface area contributed by atoms with E-state index in [0.717, 1.165) is 48.0 Å². The number of hydrogen-bond donors (Lipinski definition) is 5. The van der Waals surface area contributed by atoms with Crippen molar-refractivity contribution in [3.63, 3.8) is 0 Å². The van der Waals surface area contributed by atoms with E-state index in [-0.39, 0.29) is 31.2 Å². The maximum atomic E-state index is 10.2. The zero-order valence-electron chi connectivity index (χ0n) is 28.0. The van der Waals surface area contributed by atoms with Crippen LogP contribution in [0.15, 0.2) is 71.4 Å². The molecule has 3 atom stereocenters. The van der Waals surface area contributed by atoms with E-state index >= 15 is 0 Å². The maximum absolute atomic E-state index is 10.2. The van der Waals surface area contributed by atoms with Gasteiger partial charge in [0.1, 0.15) is 22.7 Å². The molecule has 11 nitrogen and oxygen atoms in total. The number of halogens is 2. The van der Waals surface area contributed by atoms with Gasteiger partial charge in [-0.05, 0) is 66.3 Å². The molecule has 0 amide bonds. The van der Waals surface area contributed by atoms with Crippen molar-refractivity contribution in [1.29, 1.82) is 5.26 Å². The van der Waals surface area contributed by atoms with Crippen LogP contribution in [-0.2, 0) is 13.0 Å². The first kappa shape index (κ1) is 34.4. The van der Waals surface area contributed by atoms with Gasteiger partial charge in [-0.3, -0.25) is 9.88 Å². The van der Waals surface area contributed by atoms with Gasteiger partial charge in [-0.2, -0.15) is 5.26 Å². The van der Waals surface area contributed by atoms with Crippen LogP contribution < -0.4 is 10.6 Å². The van der Waals surface area contributed by atoms with E-state index in [1.807, 2.05) is 54.7 Å². The summed E-state index contributed by atoms with van der Waals surface area (Å²) in [6, 6.07) is 19.4. The molecule has 1 saturated heterocycles. The third-order valence-electron chi connectivity index (χ3n) is 9.88. The van der Waals surface area contributed by atoms with Gasteiger partial charge in [-0.1, -0.05) is 47.5 Å². The Hall–Kier alpha value is -4.64. The van der Waals surface area contributed by atoms with E-state index in [1.165, 1.54) is 0 Å². The molecule has 3 aromatic heterocycles. The SMILES string of the molecule is N#Cc1c2c(cc3nc(-c4cccc(-c5cccc(Nc6nccc7cc(CN8CC[C@@H](O)C8)cnc67)c5Cl)c4Cl)oc13)[C@H](NCC(O)CO)CC2. The lowest BCUT2D eigenvalue weighted by molar-refractivity contribution is 0.0919. The highest BCUT2D eigenvalue weighted by Crippen LogP contribution is 2.44. The highest BCUT2D eigenvalue weighted by Gasteiger charge is 2.29. The zero-order valence-corrected chi connectivity index (χ0v) is 29.5. The molecular formula is C39H35Cl2N7O4. The quantitative estimate of drug-likeness (QED) is 0.104.